The van der Waals surface area contributed by atoms with Crippen molar-refractivity contribution >= 4 is 68.4 Å². The van der Waals surface area contributed by atoms with Crippen molar-refractivity contribution < 1.29 is 23.6 Å². The fourth-order valence-electron chi connectivity index (χ4n) is 7.55. The topological polar surface area (TPSA) is 19.6 Å². The summed E-state index contributed by atoms with van der Waals surface area (Å²) < 4.78 is 131. The summed E-state index contributed by atoms with van der Waals surface area (Å²) in [4.78, 5) is 2.71. The number of benzene rings is 6. The van der Waals surface area contributed by atoms with E-state index in [0.717, 1.165) is 22.3 Å². The summed E-state index contributed by atoms with van der Waals surface area (Å²) in [5.74, 6) is 0.0680. The molecule has 0 atom stereocenters. The molecular formula is C41H29BN2O. The monoisotopic (exact) mass is 590 g/mol. The fourth-order valence-corrected chi connectivity index (χ4v) is 7.55. The maximum atomic E-state index is 9.51. The first-order valence-electron chi connectivity index (χ1n) is 21.6. The van der Waals surface area contributed by atoms with Crippen LogP contribution in [0.15, 0.2) is 144 Å². The minimum absolute atomic E-state index is 0.0358. The highest BCUT2D eigenvalue weighted by Gasteiger charge is 2.47. The van der Waals surface area contributed by atoms with Gasteiger partial charge in [0.15, 0.2) is 0 Å². The number of anilines is 6. The molecule has 1 aliphatic carbocycles. The highest BCUT2D eigenvalue weighted by atomic mass is 16.4. The van der Waals surface area contributed by atoms with Crippen LogP contribution in [-0.4, -0.2) is 6.71 Å². The number of hydrogen-bond acceptors (Lipinski definition) is 3. The minimum atomic E-state index is -1.06. The molecule has 7 aromatic rings. The third-order valence-electron chi connectivity index (χ3n) is 9.37. The maximum Gasteiger partial charge on any atom is 0.257 e. The van der Waals surface area contributed by atoms with E-state index in [-0.39, 0.29) is 39.8 Å². The Kier molecular flexibility index (Phi) is 2.93. The smallest absolute Gasteiger partial charge is 0.257 e. The largest absolute Gasteiger partial charge is 0.440 e. The number of para-hydroxylation sites is 3. The lowest BCUT2D eigenvalue weighted by Gasteiger charge is -2.42. The minimum Gasteiger partial charge on any atom is -0.440 e. The molecule has 0 amide bonds. The Labute approximate surface area is 282 Å². The average Bonchev–Trinajstić information content (AvgIpc) is 3.72. The fraction of sp³-hybridized carbons (Fsp3) is 0.0732. The van der Waals surface area contributed by atoms with Crippen molar-refractivity contribution in [1.29, 1.82) is 0 Å². The molecule has 4 heteroatoms. The second-order valence-electron chi connectivity index (χ2n) is 11.9. The lowest BCUT2D eigenvalue weighted by Crippen LogP contribution is -2.61. The molecule has 45 heavy (non-hydrogen) atoms. The van der Waals surface area contributed by atoms with E-state index >= 15 is 0 Å². The van der Waals surface area contributed by atoms with Crippen LogP contribution in [0.4, 0.5) is 34.3 Å². The molecule has 0 saturated carbocycles. The maximum absolute atomic E-state index is 9.51. The van der Waals surface area contributed by atoms with E-state index in [1.54, 1.807) is 18.2 Å². The molecule has 212 valence electrons. The number of rotatable bonds is 2. The highest BCUT2D eigenvalue weighted by Crippen LogP contribution is 2.53. The van der Waals surface area contributed by atoms with E-state index in [2.05, 4.69) is 13.8 Å². The van der Waals surface area contributed by atoms with E-state index in [4.69, 9.17) is 18.1 Å². The normalized spacial score (nSPS) is 19.3. The Morgan fingerprint density at radius 1 is 0.622 bits per heavy atom. The quantitative estimate of drug-likeness (QED) is 0.188. The second-order valence-corrected chi connectivity index (χ2v) is 11.9. The molecule has 2 aliphatic heterocycles. The van der Waals surface area contributed by atoms with Gasteiger partial charge in [-0.25, -0.2) is 0 Å². The van der Waals surface area contributed by atoms with Crippen molar-refractivity contribution in [2.45, 2.75) is 19.3 Å². The van der Waals surface area contributed by atoms with Gasteiger partial charge in [0, 0.05) is 50.3 Å². The Morgan fingerprint density at radius 2 is 1.29 bits per heavy atom. The highest BCUT2D eigenvalue weighted by molar-refractivity contribution is 7.01. The van der Waals surface area contributed by atoms with Gasteiger partial charge in [0.1, 0.15) is 5.58 Å². The van der Waals surface area contributed by atoms with Crippen LogP contribution in [0.2, 0.25) is 0 Å². The van der Waals surface area contributed by atoms with Crippen LogP contribution in [0.25, 0.3) is 22.1 Å². The van der Waals surface area contributed by atoms with Crippen LogP contribution < -0.4 is 26.2 Å². The summed E-state index contributed by atoms with van der Waals surface area (Å²) in [6, 6.07) is 8.49. The molecule has 0 saturated heterocycles. The summed E-state index contributed by atoms with van der Waals surface area (Å²) in [5, 5.41) is 0.545. The van der Waals surface area contributed by atoms with Gasteiger partial charge in [-0.05, 0) is 70.0 Å². The van der Waals surface area contributed by atoms with Crippen molar-refractivity contribution in [2.24, 2.45) is 0 Å². The van der Waals surface area contributed by atoms with Gasteiger partial charge in [0.25, 0.3) is 6.71 Å². The van der Waals surface area contributed by atoms with E-state index in [9.17, 15) is 5.48 Å². The van der Waals surface area contributed by atoms with Crippen molar-refractivity contribution in [3.63, 3.8) is 0 Å². The molecule has 3 nitrogen and oxygen atoms in total. The van der Waals surface area contributed by atoms with Gasteiger partial charge < -0.3 is 9.32 Å². The van der Waals surface area contributed by atoms with Crippen molar-refractivity contribution in [3.8, 4) is 11.1 Å². The number of nitrogens with zero attached hydrogens (tertiary/aromatic N) is 2. The van der Waals surface area contributed by atoms with E-state index in [0.29, 0.717) is 21.9 Å². The van der Waals surface area contributed by atoms with Crippen LogP contribution in [0, 0.1) is 0 Å². The number of furan rings is 1. The summed E-state index contributed by atoms with van der Waals surface area (Å²) in [6.45, 7) is 3.15. The molecule has 0 unspecified atom stereocenters. The molecule has 1 aromatic heterocycles. The first kappa shape index (κ1) is 15.0. The Balaban J connectivity index is 1.43. The predicted molar refractivity (Wildman–Crippen MR) is 188 cm³/mol. The molecule has 0 N–H and O–H groups in total. The molecule has 3 aliphatic rings. The van der Waals surface area contributed by atoms with Crippen LogP contribution >= 0.6 is 0 Å². The van der Waals surface area contributed by atoms with E-state index < -0.39 is 96.7 Å². The van der Waals surface area contributed by atoms with Crippen molar-refractivity contribution in [2.75, 3.05) is 9.80 Å². The van der Waals surface area contributed by atoms with Gasteiger partial charge >= 0.3 is 0 Å². The first-order chi connectivity index (χ1) is 27.9. The van der Waals surface area contributed by atoms with Crippen LogP contribution in [0.3, 0.4) is 0 Å². The zero-order chi connectivity index (χ0) is 42.0. The SMILES string of the molecule is [2H]c1c([2H])c([2H])c(N2c3cccc4c3B(c3c([2H])c([2H])c([2H])c([2H])c3N4c3c([2H])c([2H])c([2H])c([2H])c3[2H])c3c2oc2c4c(ccc32)C(C)(C)c2ccccc2-4)c([2H])c1[2H]. The zero-order valence-corrected chi connectivity index (χ0v) is 24.1. The Morgan fingerprint density at radius 3 is 2.07 bits per heavy atom. The predicted octanol–water partition coefficient (Wildman–Crippen LogP) is 8.82. The van der Waals surface area contributed by atoms with Gasteiger partial charge in [-0.3, -0.25) is 4.90 Å². The number of fused-ring (bicyclic) bond motifs is 10. The van der Waals surface area contributed by atoms with Crippen LogP contribution in [-0.2, 0) is 5.41 Å². The lowest BCUT2D eigenvalue weighted by molar-refractivity contribution is 0.621. The molecule has 3 heterocycles. The summed E-state index contributed by atoms with van der Waals surface area (Å²) in [6.07, 6.45) is 0. The summed E-state index contributed by atoms with van der Waals surface area (Å²) in [7, 11) is 0. The Bertz CT molecular complexity index is 3070. The molecule has 0 radical (unpaired) electrons. The molecular weight excluding hydrogens is 547 g/mol. The third kappa shape index (κ3) is 3.16. The van der Waals surface area contributed by atoms with E-state index in [1.807, 2.05) is 36.4 Å². The molecule has 0 fully saturated rings. The third-order valence-corrected chi connectivity index (χ3v) is 9.37. The standard InChI is InChI=1S/C41H29BN2O/c1-41(2)30-19-10-9-18-28(30)36-31(41)25-24-29-37-40(45-39(29)36)44(27-16-7-4-8-17-27)35-23-13-22-34-38(35)42(37)32-20-11-12-21-33(32)43(34)26-14-5-3-6-15-26/h3-25H,1-2H3/i3D,4D,5D,6D,7D,8D,11D,12D,14D,15D,16D,17D,20D,21D. The van der Waals surface area contributed by atoms with Crippen LogP contribution in [0.1, 0.15) is 44.2 Å². The Hall–Kier alpha value is -5.48. The van der Waals surface area contributed by atoms with Crippen molar-refractivity contribution in [3.05, 3.63) is 150 Å². The summed E-state index contributed by atoms with van der Waals surface area (Å²) in [5.41, 5.74) is 4.14. The molecule has 6 aromatic carbocycles. The molecule has 0 bridgehead atoms. The van der Waals surface area contributed by atoms with Gasteiger partial charge in [-0.1, -0.05) is 111 Å². The zero-order valence-electron chi connectivity index (χ0n) is 38.1. The lowest BCUT2D eigenvalue weighted by atomic mass is 9.33. The van der Waals surface area contributed by atoms with Gasteiger partial charge in [-0.15, -0.1) is 0 Å². The van der Waals surface area contributed by atoms with Gasteiger partial charge in [0.2, 0.25) is 5.88 Å². The molecule has 0 spiro atoms. The molecule has 10 rings (SSSR count). The van der Waals surface area contributed by atoms with E-state index in [1.165, 1.54) is 9.80 Å². The van der Waals surface area contributed by atoms with Gasteiger partial charge in [0.05, 0.1) is 19.2 Å². The van der Waals surface area contributed by atoms with Crippen LogP contribution in [0.5, 0.6) is 0 Å². The average molecular weight is 591 g/mol. The second kappa shape index (κ2) is 8.80. The number of hydrogen-bond donors (Lipinski definition) is 0. The van der Waals surface area contributed by atoms with Crippen molar-refractivity contribution in [1.82, 2.24) is 0 Å². The summed E-state index contributed by atoms with van der Waals surface area (Å²) >= 11 is 0. The van der Waals surface area contributed by atoms with Gasteiger partial charge in [-0.2, -0.15) is 0 Å². The first-order valence-corrected chi connectivity index (χ1v) is 14.6.